The van der Waals surface area contributed by atoms with Crippen molar-refractivity contribution in [2.75, 3.05) is 11.9 Å². The van der Waals surface area contributed by atoms with E-state index >= 15 is 0 Å². The Morgan fingerprint density at radius 3 is 2.46 bits per heavy atom. The number of anilines is 1. The first-order valence-corrected chi connectivity index (χ1v) is 7.87. The first kappa shape index (κ1) is 17.7. The van der Waals surface area contributed by atoms with Crippen molar-refractivity contribution < 1.29 is 14.7 Å². The molecule has 2 rings (SSSR count). The van der Waals surface area contributed by atoms with Crippen molar-refractivity contribution in [1.29, 1.82) is 0 Å². The van der Waals surface area contributed by atoms with E-state index in [4.69, 9.17) is 5.11 Å². The molecule has 0 aliphatic heterocycles. The van der Waals surface area contributed by atoms with Crippen LogP contribution in [0.1, 0.15) is 48.4 Å². The van der Waals surface area contributed by atoms with E-state index < -0.39 is 11.4 Å². The van der Waals surface area contributed by atoms with Crippen molar-refractivity contribution in [1.82, 2.24) is 4.98 Å². The predicted octanol–water partition coefficient (Wildman–Crippen LogP) is 4.11. The molecule has 1 aromatic carbocycles. The number of carbonyl (C=O) groups is 2. The highest BCUT2D eigenvalue weighted by atomic mass is 16.4. The van der Waals surface area contributed by atoms with Crippen LogP contribution in [0.5, 0.6) is 0 Å². The monoisotopic (exact) mass is 326 g/mol. The van der Waals surface area contributed by atoms with Crippen molar-refractivity contribution in [2.45, 2.75) is 27.7 Å². The van der Waals surface area contributed by atoms with Crippen molar-refractivity contribution in [2.24, 2.45) is 5.41 Å². The van der Waals surface area contributed by atoms with Crippen LogP contribution in [0.25, 0.3) is 11.3 Å². The lowest BCUT2D eigenvalue weighted by Crippen LogP contribution is -2.22. The van der Waals surface area contributed by atoms with Gasteiger partial charge in [-0.1, -0.05) is 32.9 Å². The molecule has 0 bridgehead atoms. The molecule has 0 unspecified atom stereocenters. The lowest BCUT2D eigenvalue weighted by molar-refractivity contribution is 0.0696. The van der Waals surface area contributed by atoms with E-state index in [1.807, 2.05) is 27.7 Å². The lowest BCUT2D eigenvalue weighted by atomic mass is 9.86. The number of hydrogen-bond acceptors (Lipinski definition) is 4. The van der Waals surface area contributed by atoms with Crippen LogP contribution in [-0.2, 0) is 0 Å². The second kappa shape index (κ2) is 6.83. The highest BCUT2D eigenvalue weighted by Crippen LogP contribution is 2.28. The van der Waals surface area contributed by atoms with Crippen molar-refractivity contribution in [3.05, 3.63) is 47.5 Å². The fourth-order valence-electron chi connectivity index (χ4n) is 2.32. The summed E-state index contributed by atoms with van der Waals surface area (Å²) in [5.41, 5.74) is 1.57. The first-order valence-electron chi connectivity index (χ1n) is 7.87. The molecule has 5 heteroatoms. The zero-order valence-electron chi connectivity index (χ0n) is 14.4. The highest BCUT2D eigenvalue weighted by Gasteiger charge is 2.26. The molecule has 0 amide bonds. The van der Waals surface area contributed by atoms with Crippen molar-refractivity contribution in [3.63, 3.8) is 0 Å². The lowest BCUT2D eigenvalue weighted by Gasteiger charge is -2.19. The van der Waals surface area contributed by atoms with Gasteiger partial charge in [-0.15, -0.1) is 0 Å². The molecule has 1 aromatic heterocycles. The van der Waals surface area contributed by atoms with Gasteiger partial charge in [0.25, 0.3) is 0 Å². The minimum Gasteiger partial charge on any atom is -0.478 e. The quantitative estimate of drug-likeness (QED) is 0.808. The van der Waals surface area contributed by atoms with Crippen LogP contribution in [0, 0.1) is 5.41 Å². The Labute approximate surface area is 141 Å². The Morgan fingerprint density at radius 2 is 1.88 bits per heavy atom. The van der Waals surface area contributed by atoms with Crippen molar-refractivity contribution >= 4 is 17.6 Å². The summed E-state index contributed by atoms with van der Waals surface area (Å²) in [4.78, 5) is 28.3. The van der Waals surface area contributed by atoms with E-state index in [1.165, 1.54) is 6.07 Å². The molecule has 1 heterocycles. The number of Topliss-reactive ketones (excluding diaryl/α,β-unsaturated/α-hetero) is 1. The Morgan fingerprint density at radius 1 is 1.17 bits per heavy atom. The number of hydrogen-bond donors (Lipinski definition) is 2. The largest absolute Gasteiger partial charge is 0.478 e. The van der Waals surface area contributed by atoms with Crippen LogP contribution in [-0.4, -0.2) is 28.4 Å². The molecule has 0 saturated carbocycles. The molecule has 24 heavy (non-hydrogen) atoms. The van der Waals surface area contributed by atoms with Crippen LogP contribution in [0.2, 0.25) is 0 Å². The Balaban J connectivity index is 2.51. The van der Waals surface area contributed by atoms with Crippen LogP contribution in [0.4, 0.5) is 5.82 Å². The maximum absolute atomic E-state index is 12.6. The summed E-state index contributed by atoms with van der Waals surface area (Å²) < 4.78 is 0. The number of carbonyl (C=O) groups excluding carboxylic acids is 1. The number of benzene rings is 1. The number of pyridine rings is 1. The molecule has 0 spiro atoms. The van der Waals surface area contributed by atoms with Gasteiger partial charge in [0.2, 0.25) is 0 Å². The van der Waals surface area contributed by atoms with Gasteiger partial charge in [-0.05, 0) is 31.2 Å². The number of aromatic carboxylic acids is 1. The number of nitrogens with zero attached hydrogens (tertiary/aromatic N) is 1. The number of carboxylic acids is 1. The molecule has 0 saturated heterocycles. The number of ketones is 1. The third-order valence-corrected chi connectivity index (χ3v) is 3.57. The Hall–Kier alpha value is -2.69. The molecule has 0 aliphatic carbocycles. The van der Waals surface area contributed by atoms with Gasteiger partial charge in [0.05, 0.1) is 16.8 Å². The fourth-order valence-corrected chi connectivity index (χ4v) is 2.32. The van der Waals surface area contributed by atoms with E-state index in [0.29, 0.717) is 29.2 Å². The second-order valence-electron chi connectivity index (χ2n) is 6.59. The maximum atomic E-state index is 12.6. The zero-order chi connectivity index (χ0) is 17.9. The minimum absolute atomic E-state index is 0.0109. The number of nitrogens with one attached hydrogen (secondary N) is 1. The second-order valence-corrected chi connectivity index (χ2v) is 6.59. The van der Waals surface area contributed by atoms with Crippen molar-refractivity contribution in [3.8, 4) is 11.3 Å². The first-order chi connectivity index (χ1) is 11.2. The van der Waals surface area contributed by atoms with E-state index in [9.17, 15) is 9.59 Å². The standard InChI is InChI=1S/C19H22N2O3/c1-5-20-17-14(16(22)19(2,3)4)9-10-15(21-17)12-7-6-8-13(11-12)18(23)24/h6-11H,5H2,1-4H3,(H,20,21)(H,23,24). The van der Waals surface area contributed by atoms with Gasteiger partial charge in [0.15, 0.2) is 5.78 Å². The fraction of sp³-hybridized carbons (Fsp3) is 0.316. The SMILES string of the molecule is CCNc1nc(-c2cccc(C(=O)O)c2)ccc1C(=O)C(C)(C)C. The average molecular weight is 326 g/mol. The molecule has 0 fully saturated rings. The third-order valence-electron chi connectivity index (χ3n) is 3.57. The molecule has 5 nitrogen and oxygen atoms in total. The smallest absolute Gasteiger partial charge is 0.335 e. The summed E-state index contributed by atoms with van der Waals surface area (Å²) in [5, 5.41) is 12.3. The van der Waals surface area contributed by atoms with Gasteiger partial charge in [0.1, 0.15) is 5.82 Å². The van der Waals surface area contributed by atoms with Crippen LogP contribution in [0.3, 0.4) is 0 Å². The maximum Gasteiger partial charge on any atom is 0.335 e. The highest BCUT2D eigenvalue weighted by molar-refractivity contribution is 6.04. The summed E-state index contributed by atoms with van der Waals surface area (Å²) in [6.45, 7) is 8.18. The molecular formula is C19H22N2O3. The van der Waals surface area contributed by atoms with Crippen LogP contribution in [0.15, 0.2) is 36.4 Å². The van der Waals surface area contributed by atoms with Gasteiger partial charge >= 0.3 is 5.97 Å². The van der Waals surface area contributed by atoms with Gasteiger partial charge in [-0.2, -0.15) is 0 Å². The Bertz CT molecular complexity index is 776. The average Bonchev–Trinajstić information content (AvgIpc) is 2.53. The molecule has 2 N–H and O–H groups in total. The Kier molecular flexibility index (Phi) is 5.02. The van der Waals surface area contributed by atoms with Crippen LogP contribution >= 0.6 is 0 Å². The summed E-state index contributed by atoms with van der Waals surface area (Å²) in [7, 11) is 0. The molecular weight excluding hydrogens is 304 g/mol. The molecule has 0 radical (unpaired) electrons. The van der Waals surface area contributed by atoms with E-state index in [0.717, 1.165) is 0 Å². The van der Waals surface area contributed by atoms with E-state index in [2.05, 4.69) is 10.3 Å². The van der Waals surface area contributed by atoms with E-state index in [1.54, 1.807) is 30.3 Å². The van der Waals surface area contributed by atoms with Crippen LogP contribution < -0.4 is 5.32 Å². The molecule has 2 aromatic rings. The minimum atomic E-state index is -0.983. The third kappa shape index (κ3) is 3.79. The molecule has 0 atom stereocenters. The molecule has 0 aliphatic rings. The summed E-state index contributed by atoms with van der Waals surface area (Å²) in [6.07, 6.45) is 0. The van der Waals surface area contributed by atoms with E-state index in [-0.39, 0.29) is 11.3 Å². The van der Waals surface area contributed by atoms with Gasteiger partial charge in [-0.25, -0.2) is 9.78 Å². The number of aromatic nitrogens is 1. The zero-order valence-corrected chi connectivity index (χ0v) is 14.4. The summed E-state index contributed by atoms with van der Waals surface area (Å²) in [5.74, 6) is -0.448. The van der Waals surface area contributed by atoms with Gasteiger partial charge in [-0.3, -0.25) is 4.79 Å². The normalized spacial score (nSPS) is 11.2. The molecule has 126 valence electrons. The topological polar surface area (TPSA) is 79.3 Å². The predicted molar refractivity (Wildman–Crippen MR) is 94.6 cm³/mol. The summed E-state index contributed by atoms with van der Waals surface area (Å²) >= 11 is 0. The van der Waals surface area contributed by atoms with Gasteiger partial charge < -0.3 is 10.4 Å². The number of rotatable bonds is 5. The summed E-state index contributed by atoms with van der Waals surface area (Å²) in [6, 6.07) is 10.1. The van der Waals surface area contributed by atoms with Gasteiger partial charge in [0, 0.05) is 17.5 Å². The number of carboxylic acid groups (broad SMARTS) is 1.